The molecule has 2 aromatic carbocycles. The second-order valence-corrected chi connectivity index (χ2v) is 7.15. The van der Waals surface area contributed by atoms with Gasteiger partial charge in [0.2, 0.25) is 0 Å². The Morgan fingerprint density at radius 3 is 2.21 bits per heavy atom. The van der Waals surface area contributed by atoms with Crippen molar-refractivity contribution in [2.45, 2.75) is 18.7 Å². The van der Waals surface area contributed by atoms with Gasteiger partial charge in [0.15, 0.2) is 0 Å². The van der Waals surface area contributed by atoms with E-state index in [1.54, 1.807) is 12.1 Å². The molecule has 0 aliphatic heterocycles. The maximum atomic E-state index is 10.4. The van der Waals surface area contributed by atoms with Crippen molar-refractivity contribution in [3.63, 3.8) is 0 Å². The first-order valence-electron chi connectivity index (χ1n) is 7.20. The van der Waals surface area contributed by atoms with E-state index < -0.39 is 10.1 Å². The molecule has 0 atom stereocenters. The van der Waals surface area contributed by atoms with E-state index in [2.05, 4.69) is 18.0 Å². The highest BCUT2D eigenvalue weighted by molar-refractivity contribution is 7.85. The Balaban J connectivity index is 0.000000177. The van der Waals surface area contributed by atoms with Crippen molar-refractivity contribution in [3.8, 4) is 0 Å². The SMILES string of the molecule is Cc1c2ccccc2[nH]c(=S)[n+]1C.Cc1ccc(S(=O)(=O)[O-])cc1. The predicted octanol–water partition coefficient (Wildman–Crippen LogP) is 2.93. The lowest BCUT2D eigenvalue weighted by atomic mass is 10.2. The van der Waals surface area contributed by atoms with Crippen LogP contribution in [0.1, 0.15) is 11.3 Å². The Kier molecular flexibility index (Phi) is 5.48. The number of rotatable bonds is 1. The zero-order valence-electron chi connectivity index (χ0n) is 13.6. The van der Waals surface area contributed by atoms with E-state index in [1.807, 2.05) is 36.7 Å². The van der Waals surface area contributed by atoms with Gasteiger partial charge in [0.1, 0.15) is 21.3 Å². The van der Waals surface area contributed by atoms with Crippen LogP contribution in [0, 0.1) is 18.6 Å². The van der Waals surface area contributed by atoms with E-state index >= 15 is 0 Å². The summed E-state index contributed by atoms with van der Waals surface area (Å²) in [5.74, 6) is 0. The molecule has 1 N–H and O–H groups in total. The molecular weight excluding hydrogens is 344 g/mol. The zero-order valence-corrected chi connectivity index (χ0v) is 15.2. The third-order valence-electron chi connectivity index (χ3n) is 3.68. The van der Waals surface area contributed by atoms with Crippen LogP contribution in [0.25, 0.3) is 10.9 Å². The average Bonchev–Trinajstić information content (AvgIpc) is 2.53. The highest BCUT2D eigenvalue weighted by atomic mass is 32.2. The summed E-state index contributed by atoms with van der Waals surface area (Å²) >= 11 is 5.18. The van der Waals surface area contributed by atoms with Gasteiger partial charge in [0.05, 0.1) is 17.3 Å². The Morgan fingerprint density at radius 2 is 1.62 bits per heavy atom. The lowest BCUT2D eigenvalue weighted by Gasteiger charge is -2.05. The Morgan fingerprint density at radius 1 is 1.04 bits per heavy atom. The molecule has 0 aliphatic carbocycles. The number of fused-ring (bicyclic) bond motifs is 1. The first kappa shape index (κ1) is 18.3. The number of hydrogen-bond donors (Lipinski definition) is 1. The molecule has 7 heteroatoms. The minimum atomic E-state index is -4.27. The number of aryl methyl sites for hydroxylation is 2. The van der Waals surface area contributed by atoms with E-state index in [4.69, 9.17) is 12.2 Å². The summed E-state index contributed by atoms with van der Waals surface area (Å²) in [6.45, 7) is 3.90. The molecule has 126 valence electrons. The van der Waals surface area contributed by atoms with Gasteiger partial charge in [-0.15, -0.1) is 0 Å². The standard InChI is InChI=1S/C10H10N2S.C7H8O3S/c1-7-8-5-3-4-6-9(8)11-10(13)12(7)2;1-6-2-4-7(5-3-6)11(8,9)10/h3-6H,1-2H3;2-5H,1H3,(H,8,9,10). The van der Waals surface area contributed by atoms with Crippen LogP contribution in [0.15, 0.2) is 53.4 Å². The fraction of sp³-hybridized carbons (Fsp3) is 0.176. The van der Waals surface area contributed by atoms with Gasteiger partial charge in [0, 0.05) is 12.2 Å². The predicted molar refractivity (Wildman–Crippen MR) is 94.2 cm³/mol. The minimum Gasteiger partial charge on any atom is -0.744 e. The van der Waals surface area contributed by atoms with E-state index in [0.717, 1.165) is 15.9 Å². The maximum absolute atomic E-state index is 10.4. The van der Waals surface area contributed by atoms with Crippen molar-refractivity contribution < 1.29 is 17.5 Å². The van der Waals surface area contributed by atoms with Gasteiger partial charge in [-0.05, 0) is 38.1 Å². The lowest BCUT2D eigenvalue weighted by Crippen LogP contribution is -2.34. The number of nitrogens with zero attached hydrogens (tertiary/aromatic N) is 1. The molecule has 1 heterocycles. The van der Waals surface area contributed by atoms with Crippen molar-refractivity contribution in [2.24, 2.45) is 7.05 Å². The zero-order chi connectivity index (χ0) is 17.9. The monoisotopic (exact) mass is 362 g/mol. The molecule has 0 fully saturated rings. The molecule has 5 nitrogen and oxygen atoms in total. The highest BCUT2D eigenvalue weighted by Gasteiger charge is 2.06. The number of benzene rings is 2. The minimum absolute atomic E-state index is 0.178. The van der Waals surface area contributed by atoms with Crippen molar-refractivity contribution in [2.75, 3.05) is 0 Å². The molecule has 0 radical (unpaired) electrons. The molecule has 0 spiro atoms. The van der Waals surface area contributed by atoms with Crippen molar-refractivity contribution in [1.29, 1.82) is 0 Å². The van der Waals surface area contributed by atoms with Crippen molar-refractivity contribution >= 4 is 33.2 Å². The summed E-state index contributed by atoms with van der Waals surface area (Å²) in [5, 5.41) is 1.22. The van der Waals surface area contributed by atoms with E-state index in [1.165, 1.54) is 23.2 Å². The average molecular weight is 362 g/mol. The van der Waals surface area contributed by atoms with Crippen LogP contribution in [-0.2, 0) is 17.2 Å². The van der Waals surface area contributed by atoms with Crippen LogP contribution in [-0.4, -0.2) is 18.0 Å². The summed E-state index contributed by atoms with van der Waals surface area (Å²) in [6.07, 6.45) is 0. The summed E-state index contributed by atoms with van der Waals surface area (Å²) in [5.41, 5.74) is 3.22. The van der Waals surface area contributed by atoms with Gasteiger partial charge >= 0.3 is 4.77 Å². The lowest BCUT2D eigenvalue weighted by molar-refractivity contribution is -0.685. The summed E-state index contributed by atoms with van der Waals surface area (Å²) < 4.78 is 33.9. The van der Waals surface area contributed by atoms with Crippen LogP contribution >= 0.6 is 12.2 Å². The third-order valence-corrected chi connectivity index (χ3v) is 4.90. The number of H-pyrrole nitrogens is 1. The molecule has 0 unspecified atom stereocenters. The van der Waals surface area contributed by atoms with Gasteiger partial charge in [-0.3, -0.25) is 0 Å². The molecule has 3 rings (SSSR count). The number of para-hydroxylation sites is 1. The van der Waals surface area contributed by atoms with Gasteiger partial charge in [-0.2, -0.15) is 0 Å². The molecule has 0 aliphatic rings. The fourth-order valence-corrected chi connectivity index (χ4v) is 2.86. The quantitative estimate of drug-likeness (QED) is 0.410. The number of hydrogen-bond acceptors (Lipinski definition) is 4. The number of aromatic amines is 1. The molecule has 0 bridgehead atoms. The molecule has 0 amide bonds. The first-order valence-corrected chi connectivity index (χ1v) is 9.02. The first-order chi connectivity index (χ1) is 11.2. The van der Waals surface area contributed by atoms with E-state index in [9.17, 15) is 13.0 Å². The molecule has 0 saturated carbocycles. The van der Waals surface area contributed by atoms with Crippen LogP contribution in [0.2, 0.25) is 0 Å². The topological polar surface area (TPSA) is 76.9 Å². The maximum Gasteiger partial charge on any atom is 0.349 e. The molecule has 24 heavy (non-hydrogen) atoms. The molecule has 3 aromatic rings. The number of aromatic nitrogens is 2. The summed E-state index contributed by atoms with van der Waals surface area (Å²) in [7, 11) is -2.30. The number of nitrogens with one attached hydrogen (secondary N) is 1. The van der Waals surface area contributed by atoms with E-state index in [0.29, 0.717) is 0 Å². The molecular formula is C17H18N2O3S2. The van der Waals surface area contributed by atoms with Gasteiger partial charge in [-0.1, -0.05) is 29.8 Å². The Bertz CT molecular complexity index is 1020. The van der Waals surface area contributed by atoms with Crippen molar-refractivity contribution in [3.05, 3.63) is 64.6 Å². The second kappa shape index (κ2) is 7.21. The molecule has 1 aromatic heterocycles. The highest BCUT2D eigenvalue weighted by Crippen LogP contribution is 2.11. The smallest absolute Gasteiger partial charge is 0.349 e. The normalized spacial score (nSPS) is 11.0. The fourth-order valence-electron chi connectivity index (χ4n) is 2.14. The van der Waals surface area contributed by atoms with Gasteiger partial charge in [-0.25, -0.2) is 18.0 Å². The second-order valence-electron chi connectivity index (χ2n) is 5.39. The summed E-state index contributed by atoms with van der Waals surface area (Å²) in [4.78, 5) is 3.00. The van der Waals surface area contributed by atoms with Crippen LogP contribution in [0.4, 0.5) is 0 Å². The summed E-state index contributed by atoms with van der Waals surface area (Å²) in [6, 6.07) is 14.0. The van der Waals surface area contributed by atoms with E-state index in [-0.39, 0.29) is 4.90 Å². The van der Waals surface area contributed by atoms with Gasteiger partial charge < -0.3 is 4.55 Å². The Labute approximate surface area is 146 Å². The third kappa shape index (κ3) is 4.25. The largest absolute Gasteiger partial charge is 0.744 e. The molecule has 0 saturated heterocycles. The Hall–Kier alpha value is -2.09. The van der Waals surface area contributed by atoms with Crippen LogP contribution in [0.3, 0.4) is 0 Å². The van der Waals surface area contributed by atoms with Crippen molar-refractivity contribution in [1.82, 2.24) is 4.98 Å². The van der Waals surface area contributed by atoms with Gasteiger partial charge in [0.25, 0.3) is 0 Å². The van der Waals surface area contributed by atoms with Crippen LogP contribution in [0.5, 0.6) is 0 Å². The van der Waals surface area contributed by atoms with Crippen LogP contribution < -0.4 is 4.57 Å².